The summed E-state index contributed by atoms with van der Waals surface area (Å²) in [5.74, 6) is 0.877. The molecule has 0 bridgehead atoms. The summed E-state index contributed by atoms with van der Waals surface area (Å²) in [6, 6.07) is 0. The Hall–Kier alpha value is -1.32. The summed E-state index contributed by atoms with van der Waals surface area (Å²) >= 11 is 0. The van der Waals surface area contributed by atoms with E-state index in [9.17, 15) is 0 Å². The van der Waals surface area contributed by atoms with Crippen molar-refractivity contribution in [1.29, 1.82) is 0 Å². The molecular weight excluding hydrogens is 176 g/mol. The average Bonchev–Trinajstić information content (AvgIpc) is 2.46. The number of hydrogen-bond donors (Lipinski definition) is 1. The molecule has 0 aliphatic carbocycles. The zero-order valence-corrected chi connectivity index (χ0v) is 8.70. The van der Waals surface area contributed by atoms with Crippen molar-refractivity contribution in [2.45, 2.75) is 32.2 Å². The molecule has 0 radical (unpaired) electrons. The van der Waals surface area contributed by atoms with Crippen LogP contribution in [0.25, 0.3) is 0 Å². The van der Waals surface area contributed by atoms with Gasteiger partial charge in [0.15, 0.2) is 5.82 Å². The van der Waals surface area contributed by atoms with E-state index in [1.807, 2.05) is 0 Å². The molecule has 1 aromatic heterocycles. The van der Waals surface area contributed by atoms with Crippen LogP contribution in [-0.2, 0) is 0 Å². The lowest BCUT2D eigenvalue weighted by atomic mass is 10.0. The van der Waals surface area contributed by atoms with Gasteiger partial charge in [-0.05, 0) is 26.7 Å². The van der Waals surface area contributed by atoms with E-state index in [1.54, 1.807) is 12.5 Å². The molecular formula is C10H16N4. The van der Waals surface area contributed by atoms with Crippen LogP contribution in [0.15, 0.2) is 12.5 Å². The van der Waals surface area contributed by atoms with Gasteiger partial charge in [0.1, 0.15) is 6.33 Å². The van der Waals surface area contributed by atoms with E-state index in [2.05, 4.69) is 28.7 Å². The van der Waals surface area contributed by atoms with Crippen molar-refractivity contribution in [1.82, 2.24) is 9.97 Å². The number of hydrogen-bond acceptors (Lipinski definition) is 4. The van der Waals surface area contributed by atoms with Crippen LogP contribution >= 0.6 is 0 Å². The third-order valence-corrected chi connectivity index (χ3v) is 2.88. The normalized spacial score (nSPS) is 20.0. The Morgan fingerprint density at radius 2 is 2.29 bits per heavy atom. The van der Waals surface area contributed by atoms with Gasteiger partial charge in [-0.2, -0.15) is 0 Å². The molecule has 0 unspecified atom stereocenters. The van der Waals surface area contributed by atoms with Crippen molar-refractivity contribution in [3.8, 4) is 0 Å². The SMILES string of the molecule is CC1(C)CCCN1c1ncncc1N. The van der Waals surface area contributed by atoms with Crippen LogP contribution in [0.3, 0.4) is 0 Å². The number of nitrogen functional groups attached to an aromatic ring is 1. The van der Waals surface area contributed by atoms with Crippen LogP contribution in [0.2, 0.25) is 0 Å². The van der Waals surface area contributed by atoms with Gasteiger partial charge < -0.3 is 10.6 Å². The highest BCUT2D eigenvalue weighted by molar-refractivity contribution is 5.62. The third-order valence-electron chi connectivity index (χ3n) is 2.88. The summed E-state index contributed by atoms with van der Waals surface area (Å²) in [7, 11) is 0. The average molecular weight is 192 g/mol. The van der Waals surface area contributed by atoms with E-state index in [-0.39, 0.29) is 5.54 Å². The van der Waals surface area contributed by atoms with Crippen molar-refractivity contribution < 1.29 is 0 Å². The standard InChI is InChI=1S/C10H16N4/c1-10(2)4-3-5-14(10)9-8(11)6-12-7-13-9/h6-7H,3-5,11H2,1-2H3. The Morgan fingerprint density at radius 3 is 2.86 bits per heavy atom. The van der Waals surface area contributed by atoms with Gasteiger partial charge in [0.25, 0.3) is 0 Å². The first-order valence-corrected chi connectivity index (χ1v) is 4.94. The maximum atomic E-state index is 5.85. The fraction of sp³-hybridized carbons (Fsp3) is 0.600. The van der Waals surface area contributed by atoms with Crippen LogP contribution in [0.1, 0.15) is 26.7 Å². The van der Waals surface area contributed by atoms with Crippen LogP contribution in [0, 0.1) is 0 Å². The van der Waals surface area contributed by atoms with Crippen molar-refractivity contribution in [2.75, 3.05) is 17.2 Å². The van der Waals surface area contributed by atoms with Gasteiger partial charge in [-0.15, -0.1) is 0 Å². The van der Waals surface area contributed by atoms with Gasteiger partial charge in [-0.3, -0.25) is 0 Å². The maximum Gasteiger partial charge on any atom is 0.155 e. The van der Waals surface area contributed by atoms with Gasteiger partial charge >= 0.3 is 0 Å². The topological polar surface area (TPSA) is 55.0 Å². The maximum absolute atomic E-state index is 5.85. The molecule has 0 saturated carbocycles. The zero-order chi connectivity index (χ0) is 10.2. The smallest absolute Gasteiger partial charge is 0.155 e. The zero-order valence-electron chi connectivity index (χ0n) is 8.70. The number of aromatic nitrogens is 2. The van der Waals surface area contributed by atoms with Crippen LogP contribution in [0.5, 0.6) is 0 Å². The molecule has 1 saturated heterocycles. The molecule has 4 heteroatoms. The lowest BCUT2D eigenvalue weighted by molar-refractivity contribution is 0.514. The van der Waals surface area contributed by atoms with Gasteiger partial charge in [0.05, 0.1) is 11.9 Å². The highest BCUT2D eigenvalue weighted by Gasteiger charge is 2.33. The minimum Gasteiger partial charge on any atom is -0.394 e. The summed E-state index contributed by atoms with van der Waals surface area (Å²) < 4.78 is 0. The Kier molecular flexibility index (Phi) is 2.06. The largest absolute Gasteiger partial charge is 0.394 e. The van der Waals surface area contributed by atoms with Crippen LogP contribution in [0.4, 0.5) is 11.5 Å². The predicted octanol–water partition coefficient (Wildman–Crippen LogP) is 1.44. The highest BCUT2D eigenvalue weighted by atomic mass is 15.3. The molecule has 0 atom stereocenters. The molecule has 1 aliphatic heterocycles. The van der Waals surface area contributed by atoms with E-state index in [1.165, 1.54) is 12.8 Å². The third kappa shape index (κ3) is 1.41. The van der Waals surface area contributed by atoms with Gasteiger partial charge in [-0.1, -0.05) is 0 Å². The van der Waals surface area contributed by atoms with Crippen molar-refractivity contribution in [3.05, 3.63) is 12.5 Å². The molecule has 1 aromatic rings. The molecule has 4 nitrogen and oxygen atoms in total. The molecule has 2 heterocycles. The lowest BCUT2D eigenvalue weighted by Gasteiger charge is -2.33. The number of rotatable bonds is 1. The fourth-order valence-electron chi connectivity index (χ4n) is 2.06. The quantitative estimate of drug-likeness (QED) is 0.731. The first-order chi connectivity index (χ1) is 6.61. The fourth-order valence-corrected chi connectivity index (χ4v) is 2.06. The molecule has 2 rings (SSSR count). The first-order valence-electron chi connectivity index (χ1n) is 4.94. The van der Waals surface area contributed by atoms with Gasteiger partial charge in [-0.25, -0.2) is 9.97 Å². The van der Waals surface area contributed by atoms with E-state index in [0.717, 1.165) is 12.4 Å². The molecule has 76 valence electrons. The summed E-state index contributed by atoms with van der Waals surface area (Å²) in [6.07, 6.45) is 5.61. The molecule has 1 aliphatic rings. The Bertz CT molecular complexity index is 335. The number of nitrogens with zero attached hydrogens (tertiary/aromatic N) is 3. The van der Waals surface area contributed by atoms with E-state index in [4.69, 9.17) is 5.73 Å². The van der Waals surface area contributed by atoms with Crippen LogP contribution < -0.4 is 10.6 Å². The van der Waals surface area contributed by atoms with Gasteiger partial charge in [0, 0.05) is 12.1 Å². The summed E-state index contributed by atoms with van der Waals surface area (Å²) in [5, 5.41) is 0. The van der Waals surface area contributed by atoms with Crippen LogP contribution in [-0.4, -0.2) is 22.1 Å². The minimum absolute atomic E-state index is 0.169. The van der Waals surface area contributed by atoms with E-state index in [0.29, 0.717) is 5.69 Å². The molecule has 0 aromatic carbocycles. The predicted molar refractivity (Wildman–Crippen MR) is 57.1 cm³/mol. The molecule has 14 heavy (non-hydrogen) atoms. The second kappa shape index (κ2) is 3.12. The number of anilines is 2. The molecule has 0 amide bonds. The first kappa shape index (κ1) is 9.24. The van der Waals surface area contributed by atoms with Crippen molar-refractivity contribution in [2.24, 2.45) is 0 Å². The van der Waals surface area contributed by atoms with Crippen molar-refractivity contribution in [3.63, 3.8) is 0 Å². The summed E-state index contributed by atoms with van der Waals surface area (Å²) in [6.45, 7) is 5.48. The Balaban J connectivity index is 2.36. The highest BCUT2D eigenvalue weighted by Crippen LogP contribution is 2.34. The molecule has 2 N–H and O–H groups in total. The van der Waals surface area contributed by atoms with E-state index < -0.39 is 0 Å². The number of nitrogens with two attached hydrogens (primary N) is 1. The molecule has 0 spiro atoms. The van der Waals surface area contributed by atoms with E-state index >= 15 is 0 Å². The Labute approximate surface area is 84.2 Å². The Morgan fingerprint density at radius 1 is 1.50 bits per heavy atom. The van der Waals surface area contributed by atoms with Crippen molar-refractivity contribution >= 4 is 11.5 Å². The second-order valence-corrected chi connectivity index (χ2v) is 4.37. The van der Waals surface area contributed by atoms with Gasteiger partial charge in [0.2, 0.25) is 0 Å². The summed E-state index contributed by atoms with van der Waals surface area (Å²) in [4.78, 5) is 10.4. The molecule has 1 fully saturated rings. The minimum atomic E-state index is 0.169. The lowest BCUT2D eigenvalue weighted by Crippen LogP contribution is -2.39. The monoisotopic (exact) mass is 192 g/mol. The summed E-state index contributed by atoms with van der Waals surface area (Å²) in [5.41, 5.74) is 6.69. The second-order valence-electron chi connectivity index (χ2n) is 4.37.